The van der Waals surface area contributed by atoms with Crippen LogP contribution in [0, 0.1) is 11.8 Å². The third kappa shape index (κ3) is 6.36. The van der Waals surface area contributed by atoms with Crippen molar-refractivity contribution in [3.8, 4) is 0 Å². The molecule has 1 heteroatoms. The van der Waals surface area contributed by atoms with Gasteiger partial charge in [0.2, 0.25) is 0 Å². The van der Waals surface area contributed by atoms with E-state index < -0.39 is 0 Å². The van der Waals surface area contributed by atoms with Gasteiger partial charge in [0.15, 0.2) is 0 Å². The zero-order valence-electron chi connectivity index (χ0n) is 8.55. The molecule has 11 heavy (non-hydrogen) atoms. The van der Waals surface area contributed by atoms with Crippen molar-refractivity contribution < 1.29 is 4.74 Å². The van der Waals surface area contributed by atoms with Crippen LogP contribution in [0.2, 0.25) is 0 Å². The zero-order valence-corrected chi connectivity index (χ0v) is 8.55. The van der Waals surface area contributed by atoms with E-state index >= 15 is 0 Å². The summed E-state index contributed by atoms with van der Waals surface area (Å²) in [6.07, 6.45) is 2.85. The third-order valence-electron chi connectivity index (χ3n) is 1.80. The Hall–Kier alpha value is -0.0400. The monoisotopic (exact) mass is 158 g/mol. The van der Waals surface area contributed by atoms with Crippen molar-refractivity contribution in [3.05, 3.63) is 0 Å². The summed E-state index contributed by atoms with van der Waals surface area (Å²) >= 11 is 0. The van der Waals surface area contributed by atoms with Crippen molar-refractivity contribution >= 4 is 0 Å². The Kier molecular flexibility index (Phi) is 5.57. The van der Waals surface area contributed by atoms with Crippen molar-refractivity contribution in [1.82, 2.24) is 0 Å². The first-order chi connectivity index (χ1) is 5.06. The molecule has 0 heterocycles. The standard InChI is InChI=1S/C10H22O/c1-8(2)6-10(11-5)7-9(3)4/h8-10H,6-7H2,1-5H3. The molecule has 0 aromatic heterocycles. The molecule has 0 N–H and O–H groups in total. The normalized spacial score (nSPS) is 12.0. The lowest BCUT2D eigenvalue weighted by atomic mass is 9.98. The number of ether oxygens (including phenoxy) is 1. The lowest BCUT2D eigenvalue weighted by Gasteiger charge is -2.18. The molecular weight excluding hydrogens is 136 g/mol. The summed E-state index contributed by atoms with van der Waals surface area (Å²) in [6, 6.07) is 0. The SMILES string of the molecule is COC(CC(C)C)CC(C)C. The van der Waals surface area contributed by atoms with Crippen LogP contribution in [0.3, 0.4) is 0 Å². The number of methoxy groups -OCH3 is 1. The first kappa shape index (κ1) is 11.0. The van der Waals surface area contributed by atoms with Gasteiger partial charge in [-0.2, -0.15) is 0 Å². The second-order valence-corrected chi connectivity index (χ2v) is 4.12. The third-order valence-corrected chi connectivity index (χ3v) is 1.80. The van der Waals surface area contributed by atoms with Gasteiger partial charge in [-0.1, -0.05) is 27.7 Å². The van der Waals surface area contributed by atoms with E-state index in [-0.39, 0.29) is 0 Å². The van der Waals surface area contributed by atoms with Gasteiger partial charge in [0.1, 0.15) is 0 Å². The fourth-order valence-electron chi connectivity index (χ4n) is 1.34. The topological polar surface area (TPSA) is 9.23 Å². The minimum atomic E-state index is 0.468. The fraction of sp³-hybridized carbons (Fsp3) is 1.00. The Morgan fingerprint density at radius 3 is 1.45 bits per heavy atom. The molecule has 68 valence electrons. The Morgan fingerprint density at radius 1 is 0.909 bits per heavy atom. The van der Waals surface area contributed by atoms with E-state index in [1.54, 1.807) is 0 Å². The van der Waals surface area contributed by atoms with Crippen molar-refractivity contribution in [2.45, 2.75) is 46.6 Å². The van der Waals surface area contributed by atoms with E-state index in [4.69, 9.17) is 4.74 Å². The van der Waals surface area contributed by atoms with E-state index in [1.807, 2.05) is 7.11 Å². The Labute approximate surface area is 71.1 Å². The molecular formula is C10H22O. The predicted molar refractivity (Wildman–Crippen MR) is 49.7 cm³/mol. The smallest absolute Gasteiger partial charge is 0.0576 e. The summed E-state index contributed by atoms with van der Waals surface area (Å²) in [5.41, 5.74) is 0. The minimum Gasteiger partial charge on any atom is -0.381 e. The van der Waals surface area contributed by atoms with Gasteiger partial charge in [0, 0.05) is 7.11 Å². The number of hydrogen-bond acceptors (Lipinski definition) is 1. The van der Waals surface area contributed by atoms with Crippen LogP contribution in [0.4, 0.5) is 0 Å². The lowest BCUT2D eigenvalue weighted by Crippen LogP contribution is -2.15. The van der Waals surface area contributed by atoms with Crippen molar-refractivity contribution in [3.63, 3.8) is 0 Å². The Morgan fingerprint density at radius 2 is 1.27 bits per heavy atom. The molecule has 0 atom stereocenters. The van der Waals surface area contributed by atoms with E-state index in [1.165, 1.54) is 12.8 Å². The first-order valence-electron chi connectivity index (χ1n) is 4.59. The lowest BCUT2D eigenvalue weighted by molar-refractivity contribution is 0.0674. The largest absolute Gasteiger partial charge is 0.381 e. The van der Waals surface area contributed by atoms with Crippen LogP contribution in [0.5, 0.6) is 0 Å². The predicted octanol–water partition coefficient (Wildman–Crippen LogP) is 3.09. The average Bonchev–Trinajstić information content (AvgIpc) is 1.84. The fourth-order valence-corrected chi connectivity index (χ4v) is 1.34. The van der Waals surface area contributed by atoms with E-state index in [9.17, 15) is 0 Å². The van der Waals surface area contributed by atoms with Gasteiger partial charge < -0.3 is 4.74 Å². The van der Waals surface area contributed by atoms with Crippen LogP contribution in [0.25, 0.3) is 0 Å². The maximum absolute atomic E-state index is 5.37. The molecule has 0 aliphatic rings. The highest BCUT2D eigenvalue weighted by atomic mass is 16.5. The molecule has 0 fully saturated rings. The summed E-state index contributed by atoms with van der Waals surface area (Å²) in [6.45, 7) is 8.97. The van der Waals surface area contributed by atoms with Crippen LogP contribution in [-0.4, -0.2) is 13.2 Å². The van der Waals surface area contributed by atoms with E-state index in [0.29, 0.717) is 6.10 Å². The number of hydrogen-bond donors (Lipinski definition) is 0. The quantitative estimate of drug-likeness (QED) is 0.597. The molecule has 0 spiro atoms. The molecule has 0 bridgehead atoms. The van der Waals surface area contributed by atoms with Gasteiger partial charge >= 0.3 is 0 Å². The van der Waals surface area contributed by atoms with E-state index in [0.717, 1.165) is 11.8 Å². The van der Waals surface area contributed by atoms with Crippen LogP contribution < -0.4 is 0 Å². The summed E-state index contributed by atoms with van der Waals surface area (Å²) in [5.74, 6) is 1.50. The summed E-state index contributed by atoms with van der Waals surface area (Å²) in [5, 5.41) is 0. The first-order valence-corrected chi connectivity index (χ1v) is 4.59. The highest BCUT2D eigenvalue weighted by Gasteiger charge is 2.10. The molecule has 0 amide bonds. The molecule has 0 aliphatic carbocycles. The maximum Gasteiger partial charge on any atom is 0.0576 e. The van der Waals surface area contributed by atoms with Crippen LogP contribution >= 0.6 is 0 Å². The molecule has 0 saturated heterocycles. The molecule has 0 saturated carbocycles. The molecule has 0 aromatic rings. The highest BCUT2D eigenvalue weighted by Crippen LogP contribution is 2.15. The molecule has 0 unspecified atom stereocenters. The zero-order chi connectivity index (χ0) is 8.85. The van der Waals surface area contributed by atoms with Crippen LogP contribution in [0.15, 0.2) is 0 Å². The second kappa shape index (κ2) is 5.59. The molecule has 0 rings (SSSR count). The molecule has 0 aromatic carbocycles. The maximum atomic E-state index is 5.37. The minimum absolute atomic E-state index is 0.468. The van der Waals surface area contributed by atoms with Gasteiger partial charge in [-0.25, -0.2) is 0 Å². The Balaban J connectivity index is 3.58. The van der Waals surface area contributed by atoms with Gasteiger partial charge in [-0.05, 0) is 24.7 Å². The van der Waals surface area contributed by atoms with E-state index in [2.05, 4.69) is 27.7 Å². The van der Waals surface area contributed by atoms with Crippen LogP contribution in [0.1, 0.15) is 40.5 Å². The molecule has 0 radical (unpaired) electrons. The second-order valence-electron chi connectivity index (χ2n) is 4.12. The average molecular weight is 158 g/mol. The summed E-state index contributed by atoms with van der Waals surface area (Å²) in [4.78, 5) is 0. The highest BCUT2D eigenvalue weighted by molar-refractivity contribution is 4.62. The van der Waals surface area contributed by atoms with Crippen molar-refractivity contribution in [1.29, 1.82) is 0 Å². The summed E-state index contributed by atoms with van der Waals surface area (Å²) in [7, 11) is 1.81. The van der Waals surface area contributed by atoms with Gasteiger partial charge in [-0.15, -0.1) is 0 Å². The van der Waals surface area contributed by atoms with Crippen LogP contribution in [-0.2, 0) is 4.74 Å². The van der Waals surface area contributed by atoms with Crippen molar-refractivity contribution in [2.24, 2.45) is 11.8 Å². The molecule has 0 aliphatic heterocycles. The Bertz CT molecular complexity index is 76.9. The van der Waals surface area contributed by atoms with Gasteiger partial charge in [-0.3, -0.25) is 0 Å². The number of rotatable bonds is 5. The van der Waals surface area contributed by atoms with Crippen molar-refractivity contribution in [2.75, 3.05) is 7.11 Å². The van der Waals surface area contributed by atoms with Gasteiger partial charge in [0.25, 0.3) is 0 Å². The molecule has 1 nitrogen and oxygen atoms in total. The van der Waals surface area contributed by atoms with Gasteiger partial charge in [0.05, 0.1) is 6.10 Å². The summed E-state index contributed by atoms with van der Waals surface area (Å²) < 4.78 is 5.37.